The van der Waals surface area contributed by atoms with Crippen LogP contribution in [0.5, 0.6) is 5.75 Å². The summed E-state index contributed by atoms with van der Waals surface area (Å²) in [7, 11) is 1.61. The van der Waals surface area contributed by atoms with E-state index in [2.05, 4.69) is 5.32 Å². The van der Waals surface area contributed by atoms with Gasteiger partial charge in [-0.05, 0) is 30.2 Å². The van der Waals surface area contributed by atoms with E-state index in [1.165, 1.54) is 0 Å². The zero-order valence-electron chi connectivity index (χ0n) is 15.3. The van der Waals surface area contributed by atoms with Crippen molar-refractivity contribution in [1.82, 2.24) is 10.2 Å². The molecule has 2 aromatic carbocycles. The highest BCUT2D eigenvalue weighted by Gasteiger charge is 2.30. The number of hydrogen-bond acceptors (Lipinski definition) is 3. The SMILES string of the molecule is COc1ccccc1CN1C[C@@H](C(=O)NCc2cccc(Cl)c2)CCC1=O. The number of likely N-dealkylation sites (tertiary alicyclic amines) is 1. The van der Waals surface area contributed by atoms with Crippen LogP contribution >= 0.6 is 11.6 Å². The van der Waals surface area contributed by atoms with Gasteiger partial charge in [0.1, 0.15) is 5.75 Å². The summed E-state index contributed by atoms with van der Waals surface area (Å²) in [5, 5.41) is 3.60. The Morgan fingerprint density at radius 2 is 2.07 bits per heavy atom. The summed E-state index contributed by atoms with van der Waals surface area (Å²) < 4.78 is 5.37. The zero-order chi connectivity index (χ0) is 19.2. The van der Waals surface area contributed by atoms with Crippen LogP contribution < -0.4 is 10.1 Å². The molecule has 1 saturated heterocycles. The van der Waals surface area contributed by atoms with Crippen molar-refractivity contribution in [3.8, 4) is 5.75 Å². The van der Waals surface area contributed by atoms with E-state index in [0.717, 1.165) is 16.9 Å². The van der Waals surface area contributed by atoms with Crippen LogP contribution in [0.25, 0.3) is 0 Å². The number of para-hydroxylation sites is 1. The first-order chi connectivity index (χ1) is 13.1. The van der Waals surface area contributed by atoms with Crippen molar-refractivity contribution in [2.45, 2.75) is 25.9 Å². The lowest BCUT2D eigenvalue weighted by atomic mass is 9.96. The minimum atomic E-state index is -0.211. The molecule has 5 nitrogen and oxygen atoms in total. The van der Waals surface area contributed by atoms with E-state index in [-0.39, 0.29) is 17.7 Å². The molecule has 142 valence electrons. The topological polar surface area (TPSA) is 58.6 Å². The average molecular weight is 387 g/mol. The molecule has 0 saturated carbocycles. The molecule has 27 heavy (non-hydrogen) atoms. The molecule has 2 aromatic rings. The first-order valence-corrected chi connectivity index (χ1v) is 9.36. The average Bonchev–Trinajstić information content (AvgIpc) is 2.68. The molecule has 0 bridgehead atoms. The van der Waals surface area contributed by atoms with Crippen LogP contribution in [0.2, 0.25) is 5.02 Å². The summed E-state index contributed by atoms with van der Waals surface area (Å²) in [6.07, 6.45) is 0.951. The van der Waals surface area contributed by atoms with Crippen LogP contribution in [-0.4, -0.2) is 30.4 Å². The Labute approximate surface area is 164 Å². The minimum absolute atomic E-state index is 0.0347. The van der Waals surface area contributed by atoms with Crippen LogP contribution in [0.3, 0.4) is 0 Å². The van der Waals surface area contributed by atoms with Gasteiger partial charge < -0.3 is 15.0 Å². The van der Waals surface area contributed by atoms with Gasteiger partial charge >= 0.3 is 0 Å². The van der Waals surface area contributed by atoms with Crippen LogP contribution in [0.4, 0.5) is 0 Å². The maximum Gasteiger partial charge on any atom is 0.225 e. The molecule has 0 unspecified atom stereocenters. The Hall–Kier alpha value is -2.53. The largest absolute Gasteiger partial charge is 0.496 e. The van der Waals surface area contributed by atoms with Crippen molar-refractivity contribution in [3.05, 3.63) is 64.7 Å². The van der Waals surface area contributed by atoms with Gasteiger partial charge in [0.25, 0.3) is 0 Å². The van der Waals surface area contributed by atoms with Gasteiger partial charge in [-0.25, -0.2) is 0 Å². The van der Waals surface area contributed by atoms with Crippen molar-refractivity contribution in [3.63, 3.8) is 0 Å². The predicted molar refractivity (Wildman–Crippen MR) is 104 cm³/mol. The maximum absolute atomic E-state index is 12.6. The number of rotatable bonds is 6. The Kier molecular flexibility index (Phi) is 6.35. The van der Waals surface area contributed by atoms with Gasteiger partial charge in [0.15, 0.2) is 0 Å². The van der Waals surface area contributed by atoms with E-state index >= 15 is 0 Å². The van der Waals surface area contributed by atoms with Gasteiger partial charge in [0.2, 0.25) is 11.8 Å². The molecule has 1 aliphatic rings. The van der Waals surface area contributed by atoms with E-state index in [1.54, 1.807) is 18.1 Å². The Morgan fingerprint density at radius 1 is 1.26 bits per heavy atom. The van der Waals surface area contributed by atoms with Crippen LogP contribution in [0, 0.1) is 5.92 Å². The van der Waals surface area contributed by atoms with Crippen molar-refractivity contribution in [2.75, 3.05) is 13.7 Å². The number of nitrogens with one attached hydrogen (secondary N) is 1. The number of methoxy groups -OCH3 is 1. The normalized spacial score (nSPS) is 16.9. The van der Waals surface area contributed by atoms with E-state index in [9.17, 15) is 9.59 Å². The Bertz CT molecular complexity index is 825. The summed E-state index contributed by atoms with van der Waals surface area (Å²) in [6, 6.07) is 15.0. The van der Waals surface area contributed by atoms with Crippen LogP contribution in [-0.2, 0) is 22.7 Å². The lowest BCUT2D eigenvalue weighted by molar-refractivity contribution is -0.139. The molecular weight excluding hydrogens is 364 g/mol. The first kappa shape index (κ1) is 19.2. The Balaban J connectivity index is 1.60. The molecule has 0 radical (unpaired) electrons. The molecule has 2 amide bonds. The number of hydrogen-bond donors (Lipinski definition) is 1. The summed E-state index contributed by atoms with van der Waals surface area (Å²) in [5.74, 6) is 0.571. The molecule has 0 spiro atoms. The van der Waals surface area contributed by atoms with E-state index in [1.807, 2.05) is 42.5 Å². The quantitative estimate of drug-likeness (QED) is 0.827. The monoisotopic (exact) mass is 386 g/mol. The third-order valence-electron chi connectivity index (χ3n) is 4.78. The molecule has 0 aliphatic carbocycles. The van der Waals surface area contributed by atoms with Gasteiger partial charge in [-0.3, -0.25) is 9.59 Å². The number of amides is 2. The molecule has 0 aromatic heterocycles. The maximum atomic E-state index is 12.6. The molecule has 1 atom stereocenters. The summed E-state index contributed by atoms with van der Waals surface area (Å²) in [4.78, 5) is 26.6. The molecule has 1 heterocycles. The van der Waals surface area contributed by atoms with Crippen LogP contribution in [0.15, 0.2) is 48.5 Å². The predicted octanol–water partition coefficient (Wildman–Crippen LogP) is 3.40. The number of benzene rings is 2. The number of carbonyl (C=O) groups is 2. The molecule has 1 aliphatic heterocycles. The minimum Gasteiger partial charge on any atom is -0.496 e. The zero-order valence-corrected chi connectivity index (χ0v) is 16.0. The van der Waals surface area contributed by atoms with Gasteiger partial charge in [-0.1, -0.05) is 41.9 Å². The number of carbonyl (C=O) groups excluding carboxylic acids is 2. The second-order valence-corrected chi connectivity index (χ2v) is 7.11. The molecule has 3 rings (SSSR count). The van der Waals surface area contributed by atoms with Gasteiger partial charge in [0, 0.05) is 36.6 Å². The lowest BCUT2D eigenvalue weighted by Crippen LogP contribution is -2.45. The standard InChI is InChI=1S/C21H23ClN2O3/c1-27-19-8-3-2-6-16(19)13-24-14-17(9-10-20(24)25)21(26)23-12-15-5-4-7-18(22)11-15/h2-8,11,17H,9-10,12-14H2,1H3,(H,23,26)/t17-/m0/s1. The van der Waals surface area contributed by atoms with Gasteiger partial charge in [-0.15, -0.1) is 0 Å². The summed E-state index contributed by atoms with van der Waals surface area (Å²) >= 11 is 5.98. The van der Waals surface area contributed by atoms with E-state index in [0.29, 0.717) is 37.5 Å². The van der Waals surface area contributed by atoms with Crippen molar-refractivity contribution in [2.24, 2.45) is 5.92 Å². The smallest absolute Gasteiger partial charge is 0.225 e. The van der Waals surface area contributed by atoms with Crippen molar-refractivity contribution < 1.29 is 14.3 Å². The molecule has 6 heteroatoms. The first-order valence-electron chi connectivity index (χ1n) is 8.98. The van der Waals surface area contributed by atoms with Crippen molar-refractivity contribution in [1.29, 1.82) is 0 Å². The van der Waals surface area contributed by atoms with Crippen LogP contribution in [0.1, 0.15) is 24.0 Å². The molecule has 1 N–H and O–H groups in total. The lowest BCUT2D eigenvalue weighted by Gasteiger charge is -2.32. The third kappa shape index (κ3) is 5.01. The van der Waals surface area contributed by atoms with Gasteiger partial charge in [-0.2, -0.15) is 0 Å². The Morgan fingerprint density at radius 3 is 2.85 bits per heavy atom. The highest BCUT2D eigenvalue weighted by Crippen LogP contribution is 2.24. The molecular formula is C21H23ClN2O3. The van der Waals surface area contributed by atoms with E-state index in [4.69, 9.17) is 16.3 Å². The molecule has 1 fully saturated rings. The number of nitrogens with zero attached hydrogens (tertiary/aromatic N) is 1. The fourth-order valence-corrected chi connectivity index (χ4v) is 3.51. The second kappa shape index (κ2) is 8.91. The number of ether oxygens (including phenoxy) is 1. The highest BCUT2D eigenvalue weighted by atomic mass is 35.5. The second-order valence-electron chi connectivity index (χ2n) is 6.67. The third-order valence-corrected chi connectivity index (χ3v) is 5.02. The fraction of sp³-hybridized carbons (Fsp3) is 0.333. The highest BCUT2D eigenvalue weighted by molar-refractivity contribution is 6.30. The van der Waals surface area contributed by atoms with Crippen molar-refractivity contribution >= 4 is 23.4 Å². The van der Waals surface area contributed by atoms with E-state index < -0.39 is 0 Å². The number of piperidine rings is 1. The summed E-state index contributed by atoms with van der Waals surface area (Å²) in [5.41, 5.74) is 1.89. The van der Waals surface area contributed by atoms with Gasteiger partial charge in [0.05, 0.1) is 13.0 Å². The fourth-order valence-electron chi connectivity index (χ4n) is 3.30. The summed E-state index contributed by atoms with van der Waals surface area (Å²) in [6.45, 7) is 1.29. The number of halogens is 1.